The lowest BCUT2D eigenvalue weighted by Crippen LogP contribution is -2.50. The van der Waals surface area contributed by atoms with Crippen LogP contribution in [0.15, 0.2) is 11.2 Å². The van der Waals surface area contributed by atoms with Crippen LogP contribution in [0.25, 0.3) is 0 Å². The van der Waals surface area contributed by atoms with E-state index in [1.807, 2.05) is 0 Å². The van der Waals surface area contributed by atoms with E-state index in [2.05, 4.69) is 44.4 Å². The number of carbonyl (C=O) groups excluding carboxylic acids is 1. The molecule has 3 heterocycles. The number of rotatable bonds is 8. The number of hydrogen-bond donors (Lipinski definition) is 3. The first kappa shape index (κ1) is 26.0. The Morgan fingerprint density at radius 1 is 1.11 bits per heavy atom. The van der Waals surface area contributed by atoms with Gasteiger partial charge in [0.25, 0.3) is 5.91 Å². The third kappa shape index (κ3) is 7.44. The monoisotopic (exact) mass is 485 g/mol. The molecule has 0 atom stereocenters. The van der Waals surface area contributed by atoms with Crippen molar-refractivity contribution < 1.29 is 9.90 Å². The first-order chi connectivity index (χ1) is 17.0. The molecule has 1 saturated carbocycles. The van der Waals surface area contributed by atoms with Crippen LogP contribution in [0.1, 0.15) is 81.5 Å². The molecule has 2 aliphatic heterocycles. The van der Waals surface area contributed by atoms with Crippen LogP contribution in [-0.2, 0) is 0 Å². The van der Waals surface area contributed by atoms with Crippen LogP contribution in [0.2, 0.25) is 0 Å². The van der Waals surface area contributed by atoms with E-state index >= 15 is 0 Å². The lowest BCUT2D eigenvalue weighted by Gasteiger charge is -2.41. The lowest BCUT2D eigenvalue weighted by molar-refractivity contribution is 0.0807. The van der Waals surface area contributed by atoms with Gasteiger partial charge in [-0.15, -0.1) is 0 Å². The van der Waals surface area contributed by atoms with Gasteiger partial charge in [0, 0.05) is 43.6 Å². The molecule has 0 aromatic carbocycles. The van der Waals surface area contributed by atoms with Gasteiger partial charge in [-0.25, -0.2) is 9.98 Å². The minimum Gasteiger partial charge on any atom is -0.393 e. The number of aromatic nitrogens is 2. The molecule has 0 unspecified atom stereocenters. The van der Waals surface area contributed by atoms with Crippen LogP contribution in [0, 0.1) is 0 Å². The average molecular weight is 486 g/mol. The summed E-state index contributed by atoms with van der Waals surface area (Å²) in [5.41, 5.74) is 1.43. The second kappa shape index (κ2) is 12.7. The molecule has 3 fully saturated rings. The maximum absolute atomic E-state index is 13.3. The number of nitrogens with one attached hydrogen (secondary N) is 2. The van der Waals surface area contributed by atoms with Crippen LogP contribution >= 0.6 is 0 Å². The van der Waals surface area contributed by atoms with E-state index in [4.69, 9.17) is 4.99 Å². The number of hydrogen-bond acceptors (Lipinski definition) is 8. The second-order valence-electron chi connectivity index (χ2n) is 10.4. The van der Waals surface area contributed by atoms with Crippen molar-refractivity contribution in [2.24, 2.45) is 4.99 Å². The summed E-state index contributed by atoms with van der Waals surface area (Å²) in [4.78, 5) is 32.1. The summed E-state index contributed by atoms with van der Waals surface area (Å²) < 4.78 is 0. The fourth-order valence-electron chi connectivity index (χ4n) is 5.31. The van der Waals surface area contributed by atoms with Crippen LogP contribution in [0.4, 0.5) is 11.8 Å². The van der Waals surface area contributed by atoms with E-state index < -0.39 is 0 Å². The van der Waals surface area contributed by atoms with Gasteiger partial charge < -0.3 is 25.5 Å². The Morgan fingerprint density at radius 3 is 2.51 bits per heavy atom. The summed E-state index contributed by atoms with van der Waals surface area (Å²) in [6, 6.07) is 0.846. The second-order valence-corrected chi connectivity index (χ2v) is 10.4. The summed E-state index contributed by atoms with van der Waals surface area (Å²) in [6.45, 7) is 7.36. The molecule has 0 radical (unpaired) electrons. The van der Waals surface area contributed by atoms with Crippen molar-refractivity contribution in [3.05, 3.63) is 11.8 Å². The van der Waals surface area contributed by atoms with E-state index in [9.17, 15) is 9.90 Å². The number of aliphatic imine (C=N–C) groups is 1. The van der Waals surface area contributed by atoms with E-state index in [-0.39, 0.29) is 18.1 Å². The minimum atomic E-state index is -0.256. The molecule has 1 aromatic heterocycles. The molecule has 1 aromatic rings. The zero-order valence-electron chi connectivity index (χ0n) is 21.5. The molecular formula is C26H43N7O2. The van der Waals surface area contributed by atoms with E-state index in [1.165, 1.54) is 25.9 Å². The highest BCUT2D eigenvalue weighted by atomic mass is 16.3. The average Bonchev–Trinajstić information content (AvgIpc) is 2.87. The van der Waals surface area contributed by atoms with Gasteiger partial charge in [-0.2, -0.15) is 4.98 Å². The van der Waals surface area contributed by atoms with Crippen molar-refractivity contribution in [3.8, 4) is 0 Å². The number of aliphatic hydroxyl groups is 1. The van der Waals surface area contributed by atoms with Crippen molar-refractivity contribution in [1.29, 1.82) is 0 Å². The molecule has 0 bridgehead atoms. The molecule has 4 rings (SSSR count). The largest absolute Gasteiger partial charge is 0.393 e. The molecular weight excluding hydrogens is 442 g/mol. The van der Waals surface area contributed by atoms with Gasteiger partial charge in [0.15, 0.2) is 5.82 Å². The fraction of sp³-hybridized carbons (Fsp3) is 0.769. The maximum Gasteiger partial charge on any atom is 0.256 e. The van der Waals surface area contributed by atoms with Crippen molar-refractivity contribution in [2.75, 3.05) is 45.1 Å². The molecule has 3 aliphatic rings. The van der Waals surface area contributed by atoms with Crippen molar-refractivity contribution in [2.45, 2.75) is 89.3 Å². The first-order valence-electron chi connectivity index (χ1n) is 13.6. The van der Waals surface area contributed by atoms with Crippen molar-refractivity contribution in [1.82, 2.24) is 25.1 Å². The lowest BCUT2D eigenvalue weighted by atomic mass is 9.96. The predicted molar refractivity (Wildman–Crippen MR) is 140 cm³/mol. The maximum atomic E-state index is 13.3. The van der Waals surface area contributed by atoms with Crippen LogP contribution in [-0.4, -0.2) is 94.5 Å². The first-order valence-corrected chi connectivity index (χ1v) is 13.6. The molecule has 9 heteroatoms. The summed E-state index contributed by atoms with van der Waals surface area (Å²) in [7, 11) is 2.20. The molecule has 35 heavy (non-hydrogen) atoms. The number of aliphatic hydroxyl groups excluding tert-OH is 1. The highest BCUT2D eigenvalue weighted by molar-refractivity contribution is 5.99. The highest BCUT2D eigenvalue weighted by Gasteiger charge is 2.29. The summed E-state index contributed by atoms with van der Waals surface area (Å²) >= 11 is 0. The number of amides is 1. The smallest absolute Gasteiger partial charge is 0.256 e. The molecule has 194 valence electrons. The Hall–Kier alpha value is -2.10. The minimum absolute atomic E-state index is 0.141. The molecule has 9 nitrogen and oxygen atoms in total. The number of unbranched alkanes of at least 4 members (excludes halogenated alkanes) is 1. The predicted octanol–water partition coefficient (Wildman–Crippen LogP) is 2.98. The zero-order chi connectivity index (χ0) is 24.6. The van der Waals surface area contributed by atoms with Gasteiger partial charge in [0.05, 0.1) is 6.10 Å². The topological polar surface area (TPSA) is 106 Å². The Kier molecular flexibility index (Phi) is 9.45. The van der Waals surface area contributed by atoms with Gasteiger partial charge in [-0.3, -0.25) is 4.79 Å². The normalized spacial score (nSPS) is 23.3. The Labute approximate surface area is 209 Å². The van der Waals surface area contributed by atoms with Gasteiger partial charge >= 0.3 is 0 Å². The molecule has 0 spiro atoms. The van der Waals surface area contributed by atoms with Gasteiger partial charge in [-0.05, 0) is 77.9 Å². The fourth-order valence-corrected chi connectivity index (χ4v) is 5.31. The van der Waals surface area contributed by atoms with Crippen molar-refractivity contribution >= 4 is 23.4 Å². The highest BCUT2D eigenvalue weighted by Crippen LogP contribution is 2.24. The summed E-state index contributed by atoms with van der Waals surface area (Å²) in [5, 5.41) is 16.3. The number of piperidine rings is 2. The zero-order valence-corrected chi connectivity index (χ0v) is 21.5. The Balaban J connectivity index is 1.39. The van der Waals surface area contributed by atoms with E-state index in [0.29, 0.717) is 36.2 Å². The van der Waals surface area contributed by atoms with Crippen LogP contribution in [0.5, 0.6) is 0 Å². The van der Waals surface area contributed by atoms with Crippen LogP contribution in [0.3, 0.4) is 0 Å². The molecule has 2 saturated heterocycles. The Bertz CT molecular complexity index is 851. The molecule has 1 amide bonds. The third-order valence-electron chi connectivity index (χ3n) is 7.69. The Morgan fingerprint density at radius 2 is 1.83 bits per heavy atom. The van der Waals surface area contributed by atoms with E-state index in [1.54, 1.807) is 6.20 Å². The number of nitrogens with zero attached hydrogens (tertiary/aromatic N) is 5. The van der Waals surface area contributed by atoms with Gasteiger partial charge in [0.2, 0.25) is 5.95 Å². The third-order valence-corrected chi connectivity index (χ3v) is 7.69. The number of anilines is 1. The number of likely N-dealkylation sites (tertiary alicyclic amines) is 2. The molecule has 3 N–H and O–H groups in total. The number of carbonyl (C=O) groups is 1. The van der Waals surface area contributed by atoms with Crippen molar-refractivity contribution in [3.63, 3.8) is 0 Å². The van der Waals surface area contributed by atoms with Crippen LogP contribution < -0.4 is 10.6 Å². The van der Waals surface area contributed by atoms with E-state index in [0.717, 1.165) is 63.9 Å². The SMILES string of the molecule is CCCCNc1ncc(C(=O)NC2CCN(C3CCN(C)CC3)CC2)c(N=C2CCC(O)CC2)n1. The standard InChI is InChI=1S/C26H43N7O2/c1-3-4-13-27-26-28-18-23(24(31-26)29-19-5-7-22(34)8-6-19)25(35)30-20-9-16-33(17-10-20)21-11-14-32(2)15-12-21/h18,20-22,34H,3-17H2,1-2H3,(H,30,35)(H,27,28,31). The summed E-state index contributed by atoms with van der Waals surface area (Å²) in [6.07, 6.45) is 10.8. The molecule has 1 aliphatic carbocycles. The van der Waals surface area contributed by atoms with Gasteiger partial charge in [-0.1, -0.05) is 13.3 Å². The quantitative estimate of drug-likeness (QED) is 0.486. The van der Waals surface area contributed by atoms with Gasteiger partial charge in [0.1, 0.15) is 5.56 Å². The summed E-state index contributed by atoms with van der Waals surface area (Å²) in [5.74, 6) is 0.807.